The van der Waals surface area contributed by atoms with Gasteiger partial charge in [0.2, 0.25) is 0 Å². The minimum atomic E-state index is -1.38. The SMILES string of the molecule is C[C@H]1C[C@@H]2[C@H]([C@@H](O)C[C@@]3(C)[C@H]2CC[C@]3(O)[C@H](O)CO)[C@@]2(C)C=CC(=O)C=C12. The minimum Gasteiger partial charge on any atom is -0.394 e. The molecule has 3 fully saturated rings. The van der Waals surface area contributed by atoms with Crippen LogP contribution in [0.2, 0.25) is 0 Å². The van der Waals surface area contributed by atoms with E-state index in [1.165, 1.54) is 0 Å². The monoisotopic (exact) mass is 376 g/mol. The summed E-state index contributed by atoms with van der Waals surface area (Å²) in [6.07, 6.45) is 6.01. The highest BCUT2D eigenvalue weighted by Crippen LogP contribution is 2.68. The van der Waals surface area contributed by atoms with Crippen LogP contribution >= 0.6 is 0 Å². The number of aliphatic hydroxyl groups is 4. The largest absolute Gasteiger partial charge is 0.394 e. The number of allylic oxidation sites excluding steroid dienone is 4. The molecule has 0 radical (unpaired) electrons. The summed E-state index contributed by atoms with van der Waals surface area (Å²) in [7, 11) is 0. The first-order chi connectivity index (χ1) is 12.6. The normalized spacial score (nSPS) is 52.6. The number of carbonyl (C=O) groups excluding carboxylic acids is 1. The summed E-state index contributed by atoms with van der Waals surface area (Å²) in [6, 6.07) is 0. The first kappa shape index (κ1) is 19.3. The molecule has 0 heterocycles. The van der Waals surface area contributed by atoms with Crippen molar-refractivity contribution in [2.45, 2.75) is 64.3 Å². The van der Waals surface area contributed by atoms with E-state index in [0.717, 1.165) is 18.4 Å². The molecular formula is C22H32O5. The molecule has 0 spiro atoms. The predicted molar refractivity (Wildman–Crippen MR) is 101 cm³/mol. The van der Waals surface area contributed by atoms with Crippen LogP contribution < -0.4 is 0 Å². The second kappa shape index (κ2) is 5.99. The van der Waals surface area contributed by atoms with E-state index in [2.05, 4.69) is 13.8 Å². The highest BCUT2D eigenvalue weighted by molar-refractivity contribution is 6.01. The Balaban J connectivity index is 1.77. The lowest BCUT2D eigenvalue weighted by Crippen LogP contribution is -2.63. The smallest absolute Gasteiger partial charge is 0.178 e. The first-order valence-corrected chi connectivity index (χ1v) is 10.2. The van der Waals surface area contributed by atoms with Gasteiger partial charge in [-0.05, 0) is 55.6 Å². The molecule has 0 amide bonds. The van der Waals surface area contributed by atoms with Crippen molar-refractivity contribution < 1.29 is 25.2 Å². The molecule has 27 heavy (non-hydrogen) atoms. The van der Waals surface area contributed by atoms with Gasteiger partial charge in [0.05, 0.1) is 18.3 Å². The summed E-state index contributed by atoms with van der Waals surface area (Å²) in [4.78, 5) is 12.0. The van der Waals surface area contributed by atoms with Gasteiger partial charge in [0.15, 0.2) is 5.78 Å². The number of aliphatic hydroxyl groups excluding tert-OH is 3. The van der Waals surface area contributed by atoms with Crippen molar-refractivity contribution in [3.63, 3.8) is 0 Å². The van der Waals surface area contributed by atoms with Gasteiger partial charge < -0.3 is 20.4 Å². The maximum Gasteiger partial charge on any atom is 0.178 e. The van der Waals surface area contributed by atoms with Crippen molar-refractivity contribution >= 4 is 5.78 Å². The van der Waals surface area contributed by atoms with Crippen molar-refractivity contribution in [2.24, 2.45) is 34.5 Å². The molecule has 3 saturated carbocycles. The van der Waals surface area contributed by atoms with Gasteiger partial charge in [-0.15, -0.1) is 0 Å². The van der Waals surface area contributed by atoms with E-state index in [1.807, 2.05) is 13.0 Å². The molecular weight excluding hydrogens is 344 g/mol. The molecule has 5 nitrogen and oxygen atoms in total. The van der Waals surface area contributed by atoms with Gasteiger partial charge in [0.1, 0.15) is 6.10 Å². The van der Waals surface area contributed by atoms with E-state index >= 15 is 0 Å². The third-order valence-corrected chi connectivity index (χ3v) is 8.76. The number of rotatable bonds is 2. The summed E-state index contributed by atoms with van der Waals surface area (Å²) >= 11 is 0. The molecule has 0 aromatic rings. The molecule has 5 heteroatoms. The molecule has 4 aliphatic rings. The molecule has 0 aromatic heterocycles. The van der Waals surface area contributed by atoms with Crippen molar-refractivity contribution in [1.82, 2.24) is 0 Å². The quantitative estimate of drug-likeness (QED) is 0.587. The van der Waals surface area contributed by atoms with E-state index in [9.17, 15) is 25.2 Å². The molecule has 0 unspecified atom stereocenters. The standard InChI is InChI=1S/C22H32O5/c1-12-8-14-15-5-7-22(27,18(26)11-23)21(15,3)10-17(25)19(14)20(2)6-4-13(24)9-16(12)20/h4,6,9,12,14-15,17-19,23,25-27H,5,7-8,10-11H2,1-3H3/t12-,14-,15-,17-,18+,19+,20-,21-,22-/m0/s1. The highest BCUT2D eigenvalue weighted by Gasteiger charge is 2.68. The van der Waals surface area contributed by atoms with Gasteiger partial charge >= 0.3 is 0 Å². The molecule has 4 rings (SSSR count). The average Bonchev–Trinajstić information content (AvgIpc) is 2.87. The lowest BCUT2D eigenvalue weighted by molar-refractivity contribution is -0.205. The highest BCUT2D eigenvalue weighted by atomic mass is 16.4. The fourth-order valence-corrected chi connectivity index (χ4v) is 7.49. The van der Waals surface area contributed by atoms with E-state index in [1.54, 1.807) is 12.2 Å². The number of carbonyl (C=O) groups is 1. The van der Waals surface area contributed by atoms with Gasteiger partial charge in [-0.3, -0.25) is 4.79 Å². The van der Waals surface area contributed by atoms with Crippen LogP contribution in [0.1, 0.15) is 46.5 Å². The Labute approximate surface area is 160 Å². The summed E-state index contributed by atoms with van der Waals surface area (Å²) in [5.41, 5.74) is -1.26. The van der Waals surface area contributed by atoms with Crippen LogP contribution in [0.5, 0.6) is 0 Å². The van der Waals surface area contributed by atoms with Crippen LogP contribution in [0.3, 0.4) is 0 Å². The lowest BCUT2D eigenvalue weighted by atomic mass is 9.44. The second-order valence-electron chi connectivity index (χ2n) is 9.90. The van der Waals surface area contributed by atoms with E-state index < -0.39 is 29.8 Å². The summed E-state index contributed by atoms with van der Waals surface area (Å²) < 4.78 is 0. The van der Waals surface area contributed by atoms with Crippen molar-refractivity contribution in [2.75, 3.05) is 6.61 Å². The van der Waals surface area contributed by atoms with Gasteiger partial charge in [-0.1, -0.05) is 32.4 Å². The Morgan fingerprint density at radius 2 is 2.04 bits per heavy atom. The molecule has 0 aromatic carbocycles. The van der Waals surface area contributed by atoms with Crippen molar-refractivity contribution in [3.05, 3.63) is 23.8 Å². The molecule has 0 bridgehead atoms. The molecule has 9 atom stereocenters. The zero-order chi connectivity index (χ0) is 19.8. The molecule has 4 aliphatic carbocycles. The lowest BCUT2D eigenvalue weighted by Gasteiger charge is -2.61. The Bertz CT molecular complexity index is 713. The third-order valence-electron chi connectivity index (χ3n) is 8.76. The van der Waals surface area contributed by atoms with Crippen molar-refractivity contribution in [1.29, 1.82) is 0 Å². The van der Waals surface area contributed by atoms with Crippen LogP contribution in [0, 0.1) is 34.5 Å². The molecule has 0 saturated heterocycles. The third kappa shape index (κ3) is 2.35. The van der Waals surface area contributed by atoms with Crippen LogP contribution in [-0.4, -0.2) is 50.6 Å². The molecule has 4 N–H and O–H groups in total. The number of hydrogen-bond acceptors (Lipinski definition) is 5. The summed E-state index contributed by atoms with van der Waals surface area (Å²) in [6.45, 7) is 5.77. The van der Waals surface area contributed by atoms with Crippen LogP contribution in [-0.2, 0) is 4.79 Å². The van der Waals surface area contributed by atoms with Crippen LogP contribution in [0.15, 0.2) is 23.8 Å². The number of fused-ring (bicyclic) bond motifs is 5. The van der Waals surface area contributed by atoms with Gasteiger partial charge in [-0.2, -0.15) is 0 Å². The predicted octanol–water partition coefficient (Wildman–Crippen LogP) is 1.60. The topological polar surface area (TPSA) is 98.0 Å². The minimum absolute atomic E-state index is 0.00371. The Kier molecular flexibility index (Phi) is 4.29. The Hall–Kier alpha value is -1.01. The fourth-order valence-electron chi connectivity index (χ4n) is 7.49. The molecule has 150 valence electrons. The van der Waals surface area contributed by atoms with E-state index in [0.29, 0.717) is 12.8 Å². The van der Waals surface area contributed by atoms with Gasteiger partial charge in [0.25, 0.3) is 0 Å². The van der Waals surface area contributed by atoms with Crippen LogP contribution in [0.4, 0.5) is 0 Å². The fraction of sp³-hybridized carbons (Fsp3) is 0.773. The second-order valence-corrected chi connectivity index (χ2v) is 9.90. The van der Waals surface area contributed by atoms with E-state index in [4.69, 9.17) is 0 Å². The van der Waals surface area contributed by atoms with Crippen molar-refractivity contribution in [3.8, 4) is 0 Å². The first-order valence-electron chi connectivity index (χ1n) is 10.2. The number of ketones is 1. The summed E-state index contributed by atoms with van der Waals surface area (Å²) in [5, 5.41) is 42.5. The number of hydrogen-bond donors (Lipinski definition) is 4. The van der Waals surface area contributed by atoms with Gasteiger partial charge in [-0.25, -0.2) is 0 Å². The zero-order valence-corrected chi connectivity index (χ0v) is 16.4. The Morgan fingerprint density at radius 3 is 2.70 bits per heavy atom. The zero-order valence-electron chi connectivity index (χ0n) is 16.4. The maximum atomic E-state index is 12.0. The van der Waals surface area contributed by atoms with Crippen LogP contribution in [0.25, 0.3) is 0 Å². The summed E-state index contributed by atoms with van der Waals surface area (Å²) in [5.74, 6) is 0.619. The Morgan fingerprint density at radius 1 is 1.33 bits per heavy atom. The maximum absolute atomic E-state index is 12.0. The van der Waals surface area contributed by atoms with E-state index in [-0.39, 0.29) is 34.9 Å². The average molecular weight is 376 g/mol. The van der Waals surface area contributed by atoms with Gasteiger partial charge in [0, 0.05) is 16.7 Å². The molecule has 0 aliphatic heterocycles.